The first-order valence-corrected chi connectivity index (χ1v) is 14.0. The largest absolute Gasteiger partial charge is 0.530 e. The van der Waals surface area contributed by atoms with Crippen molar-refractivity contribution in [3.8, 4) is 5.75 Å². The van der Waals surface area contributed by atoms with Crippen molar-refractivity contribution in [2.45, 2.75) is 64.3 Å². The molecule has 1 aliphatic carbocycles. The fourth-order valence-electron chi connectivity index (χ4n) is 5.16. The fourth-order valence-corrected chi connectivity index (χ4v) is 5.16. The van der Waals surface area contributed by atoms with Crippen molar-refractivity contribution >= 4 is 17.7 Å². The molecule has 2 N–H and O–H groups in total. The first-order valence-electron chi connectivity index (χ1n) is 14.0. The van der Waals surface area contributed by atoms with E-state index in [0.29, 0.717) is 17.9 Å². The number of hydrogen-bond donors (Lipinski definition) is 2. The smallest absolute Gasteiger partial charge is 0.343 e. The van der Waals surface area contributed by atoms with E-state index in [9.17, 15) is 24.6 Å². The number of nitrogens with one attached hydrogen (secondary N) is 1. The minimum Gasteiger partial charge on any atom is -0.530 e. The summed E-state index contributed by atoms with van der Waals surface area (Å²) >= 11 is 0. The molecular weight excluding hydrogens is 520 g/mol. The molecule has 1 aromatic heterocycles. The molecule has 2 atom stereocenters. The van der Waals surface area contributed by atoms with E-state index in [-0.39, 0.29) is 42.0 Å². The maximum atomic E-state index is 13.3. The number of aromatic hydroxyl groups is 1. The summed E-state index contributed by atoms with van der Waals surface area (Å²) in [6.07, 6.45) is 3.95. The van der Waals surface area contributed by atoms with Gasteiger partial charge in [-0.15, -0.1) is 0 Å². The molecular formula is C33H37N2O6-. The second kappa shape index (κ2) is 12.5. The summed E-state index contributed by atoms with van der Waals surface area (Å²) in [7, 11) is 0. The normalized spacial score (nSPS) is 14.3. The van der Waals surface area contributed by atoms with Crippen LogP contribution in [0.1, 0.15) is 74.8 Å². The van der Waals surface area contributed by atoms with Gasteiger partial charge in [0, 0.05) is 48.0 Å². The lowest BCUT2D eigenvalue weighted by Gasteiger charge is -2.37. The Morgan fingerprint density at radius 2 is 1.78 bits per heavy atom. The van der Waals surface area contributed by atoms with Gasteiger partial charge in [-0.1, -0.05) is 61.5 Å². The van der Waals surface area contributed by atoms with Gasteiger partial charge in [0.1, 0.15) is 17.6 Å². The van der Waals surface area contributed by atoms with Crippen molar-refractivity contribution in [3.63, 3.8) is 0 Å². The van der Waals surface area contributed by atoms with Crippen LogP contribution < -0.4 is 16.0 Å². The van der Waals surface area contributed by atoms with Crippen LogP contribution in [0.15, 0.2) is 82.0 Å². The quantitative estimate of drug-likeness (QED) is 0.314. The Balaban J connectivity index is 1.54. The number of benzene rings is 2. The van der Waals surface area contributed by atoms with Gasteiger partial charge in [0.05, 0.1) is 5.56 Å². The van der Waals surface area contributed by atoms with Gasteiger partial charge >= 0.3 is 5.63 Å². The summed E-state index contributed by atoms with van der Waals surface area (Å²) < 4.78 is 5.82. The topological polar surface area (TPSA) is 123 Å². The number of amides is 2. The highest BCUT2D eigenvalue weighted by Gasteiger charge is 2.33. The lowest BCUT2D eigenvalue weighted by Crippen LogP contribution is -2.52. The van der Waals surface area contributed by atoms with Crippen molar-refractivity contribution in [1.82, 2.24) is 4.90 Å². The molecule has 2 aromatic carbocycles. The molecule has 3 aromatic rings. The number of carboxylic acid groups (broad SMARTS) is 1. The molecule has 8 nitrogen and oxygen atoms in total. The average molecular weight is 558 g/mol. The molecule has 4 rings (SSSR count). The number of hydrogen-bond acceptors (Lipinski definition) is 6. The third-order valence-corrected chi connectivity index (χ3v) is 7.44. The Morgan fingerprint density at radius 1 is 1.07 bits per heavy atom. The minimum atomic E-state index is -1.33. The second-order valence-electron chi connectivity index (χ2n) is 11.5. The first kappa shape index (κ1) is 29.6. The summed E-state index contributed by atoms with van der Waals surface area (Å²) in [5.74, 6) is -0.634. The molecule has 0 radical (unpaired) electrons. The summed E-state index contributed by atoms with van der Waals surface area (Å²) in [6, 6.07) is 18.6. The standard InChI is InChI=1S/C33H38N2O6/c1-5-22(18-21-10-7-6-8-11-21)27-20-26(36)30(31(38)41-27)29(23-14-15-23)24-12-9-13-25(19-24)34-28(37)16-17-35(32(39)40)33(2,3)4/h6-15,19-20,22-23,29,36H,5,16-18H2,1-4H3,(H,34,37)(H,39,40)/p-1. The van der Waals surface area contributed by atoms with Crippen LogP contribution >= 0.6 is 0 Å². The molecule has 0 saturated heterocycles. The van der Waals surface area contributed by atoms with Gasteiger partial charge in [-0.05, 0) is 56.9 Å². The molecule has 0 bridgehead atoms. The van der Waals surface area contributed by atoms with E-state index in [1.165, 1.54) is 0 Å². The molecule has 216 valence electrons. The van der Waals surface area contributed by atoms with Crippen LogP contribution in [-0.4, -0.2) is 34.1 Å². The molecule has 2 amide bonds. The van der Waals surface area contributed by atoms with E-state index >= 15 is 0 Å². The van der Waals surface area contributed by atoms with Crippen LogP contribution in [0.3, 0.4) is 0 Å². The van der Waals surface area contributed by atoms with Crippen LogP contribution in [0.2, 0.25) is 0 Å². The number of nitrogens with zero attached hydrogens (tertiary/aromatic N) is 1. The van der Waals surface area contributed by atoms with E-state index in [4.69, 9.17) is 4.42 Å². The van der Waals surface area contributed by atoms with E-state index in [0.717, 1.165) is 22.4 Å². The van der Waals surface area contributed by atoms with Crippen LogP contribution in [0.5, 0.6) is 5.75 Å². The maximum Gasteiger partial charge on any atom is 0.343 e. The predicted molar refractivity (Wildman–Crippen MR) is 156 cm³/mol. The van der Waals surface area contributed by atoms with Gasteiger partial charge in [0.15, 0.2) is 0 Å². The highest BCUT2D eigenvalue weighted by Crippen LogP contribution is 2.43. The van der Waals surface area contributed by atoms with Gasteiger partial charge < -0.3 is 29.6 Å². The molecule has 0 spiro atoms. The van der Waals surface area contributed by atoms with Crippen molar-refractivity contribution in [2.24, 2.45) is 5.92 Å². The SMILES string of the molecule is CCC(Cc1ccccc1)c1cc(O)c(C(c2cccc(NC(=O)CCN(C(=O)[O-])C(C)(C)C)c2)C2C=C2)c(=O)o1. The third kappa shape index (κ3) is 7.45. The zero-order valence-electron chi connectivity index (χ0n) is 23.9. The van der Waals surface area contributed by atoms with Crippen LogP contribution in [0, 0.1) is 5.92 Å². The van der Waals surface area contributed by atoms with Gasteiger partial charge in [-0.2, -0.15) is 0 Å². The minimum absolute atomic E-state index is 0.00370. The Kier molecular flexibility index (Phi) is 9.01. The molecule has 0 fully saturated rings. The zero-order valence-corrected chi connectivity index (χ0v) is 23.9. The summed E-state index contributed by atoms with van der Waals surface area (Å²) in [5.41, 5.74) is 1.26. The van der Waals surface area contributed by atoms with Crippen LogP contribution in [0.4, 0.5) is 10.5 Å². The van der Waals surface area contributed by atoms with Gasteiger partial charge in [-0.3, -0.25) is 4.79 Å². The van der Waals surface area contributed by atoms with E-state index < -0.39 is 23.2 Å². The second-order valence-corrected chi connectivity index (χ2v) is 11.5. The number of allylic oxidation sites excluding steroid dienone is 2. The maximum absolute atomic E-state index is 13.3. The average Bonchev–Trinajstić information content (AvgIpc) is 3.74. The van der Waals surface area contributed by atoms with E-state index in [1.54, 1.807) is 45.0 Å². The molecule has 0 saturated carbocycles. The number of rotatable bonds is 11. The number of anilines is 1. The number of carbonyl (C=O) groups is 2. The number of carbonyl (C=O) groups excluding carboxylic acids is 2. The van der Waals surface area contributed by atoms with Crippen molar-refractivity contribution < 1.29 is 24.2 Å². The molecule has 41 heavy (non-hydrogen) atoms. The van der Waals surface area contributed by atoms with Gasteiger partial charge in [-0.25, -0.2) is 4.79 Å². The van der Waals surface area contributed by atoms with Crippen LogP contribution in [-0.2, 0) is 11.2 Å². The molecule has 8 heteroatoms. The highest BCUT2D eigenvalue weighted by molar-refractivity contribution is 5.91. The third-order valence-electron chi connectivity index (χ3n) is 7.44. The lowest BCUT2D eigenvalue weighted by molar-refractivity contribution is -0.270. The van der Waals surface area contributed by atoms with Crippen molar-refractivity contribution in [1.29, 1.82) is 0 Å². The Hall–Kier alpha value is -4.33. The Morgan fingerprint density at radius 3 is 2.37 bits per heavy atom. The lowest BCUT2D eigenvalue weighted by atomic mass is 9.85. The van der Waals surface area contributed by atoms with E-state index in [2.05, 4.69) is 5.32 Å². The monoisotopic (exact) mass is 557 g/mol. The fraction of sp³-hybridized carbons (Fsp3) is 0.364. The van der Waals surface area contributed by atoms with Crippen molar-refractivity contribution in [2.75, 3.05) is 11.9 Å². The van der Waals surface area contributed by atoms with Gasteiger partial charge in [0.2, 0.25) is 5.91 Å². The highest BCUT2D eigenvalue weighted by atomic mass is 16.4. The Bertz CT molecular complexity index is 1470. The summed E-state index contributed by atoms with van der Waals surface area (Å²) in [4.78, 5) is 38.6. The van der Waals surface area contributed by atoms with E-state index in [1.807, 2.05) is 55.5 Å². The van der Waals surface area contributed by atoms with Crippen molar-refractivity contribution in [3.05, 3.63) is 106 Å². The van der Waals surface area contributed by atoms with Crippen LogP contribution in [0.25, 0.3) is 0 Å². The summed E-state index contributed by atoms with van der Waals surface area (Å²) in [6.45, 7) is 7.23. The Labute approximate surface area is 240 Å². The molecule has 2 unspecified atom stereocenters. The summed E-state index contributed by atoms with van der Waals surface area (Å²) in [5, 5.41) is 25.4. The molecule has 0 aliphatic heterocycles. The molecule has 1 heterocycles. The zero-order chi connectivity index (χ0) is 29.7. The predicted octanol–water partition coefficient (Wildman–Crippen LogP) is 5.17. The first-order chi connectivity index (χ1) is 19.5. The van der Waals surface area contributed by atoms with Gasteiger partial charge in [0.25, 0.3) is 0 Å². The molecule has 1 aliphatic rings.